The number of fused-ring (bicyclic) bond motifs is 2. The molecule has 0 bridgehead atoms. The second-order valence-electron chi connectivity index (χ2n) is 10.4. The van der Waals surface area contributed by atoms with Gasteiger partial charge in [-0.3, -0.25) is 14.7 Å². The van der Waals surface area contributed by atoms with Crippen molar-refractivity contribution in [1.82, 2.24) is 50.1 Å². The average molecular weight is 624 g/mol. The smallest absolute Gasteiger partial charge is 0.255 e. The molecular weight excluding hydrogens is 601 g/mol. The molecule has 2 amide bonds. The van der Waals surface area contributed by atoms with Gasteiger partial charge in [-0.1, -0.05) is 41.4 Å². The Kier molecular flexibility index (Phi) is 7.10. The zero-order valence-electron chi connectivity index (χ0n) is 23.6. The molecule has 0 radical (unpaired) electrons. The molecule has 45 heavy (non-hydrogen) atoms. The molecule has 7 rings (SSSR count). The van der Waals surface area contributed by atoms with Crippen molar-refractivity contribution in [2.24, 2.45) is 0 Å². The van der Waals surface area contributed by atoms with E-state index in [1.807, 2.05) is 41.8 Å². The first-order valence-corrected chi connectivity index (χ1v) is 14.2. The van der Waals surface area contributed by atoms with Crippen LogP contribution in [0.3, 0.4) is 0 Å². The van der Waals surface area contributed by atoms with E-state index in [9.17, 15) is 14.0 Å². The van der Waals surface area contributed by atoms with E-state index in [1.54, 1.807) is 18.3 Å². The van der Waals surface area contributed by atoms with Crippen LogP contribution in [-0.4, -0.2) is 68.4 Å². The molecule has 1 aliphatic heterocycles. The Hall–Kier alpha value is -5.76. The van der Waals surface area contributed by atoms with Crippen molar-refractivity contribution >= 4 is 46.1 Å². The fourth-order valence-electron chi connectivity index (χ4n) is 5.26. The van der Waals surface area contributed by atoms with Crippen LogP contribution in [0, 0.1) is 12.7 Å². The number of aryl methyl sites for hydroxylation is 1. The molecule has 3 aromatic heterocycles. The molecule has 13 nitrogen and oxygen atoms in total. The van der Waals surface area contributed by atoms with Gasteiger partial charge in [-0.2, -0.15) is 9.78 Å². The van der Waals surface area contributed by atoms with Crippen molar-refractivity contribution < 1.29 is 14.0 Å². The van der Waals surface area contributed by atoms with Crippen LogP contribution in [0.2, 0.25) is 5.02 Å². The zero-order valence-corrected chi connectivity index (χ0v) is 24.4. The third kappa shape index (κ3) is 5.31. The molecule has 2 N–H and O–H groups in total. The van der Waals surface area contributed by atoms with E-state index in [1.165, 1.54) is 40.2 Å². The second-order valence-corrected chi connectivity index (χ2v) is 10.8. The molecule has 224 valence electrons. The summed E-state index contributed by atoms with van der Waals surface area (Å²) in [6, 6.07) is 14.6. The number of carbonyl (C=O) groups is 2. The first-order valence-electron chi connectivity index (χ1n) is 13.8. The third-order valence-electron chi connectivity index (χ3n) is 7.52. The highest BCUT2D eigenvalue weighted by Crippen LogP contribution is 2.31. The maximum Gasteiger partial charge on any atom is 0.255 e. The number of nitrogens with zero attached hydrogens (tertiary/aromatic N) is 9. The van der Waals surface area contributed by atoms with Gasteiger partial charge in [-0.05, 0) is 47.7 Å². The summed E-state index contributed by atoms with van der Waals surface area (Å²) >= 11 is 6.06. The standard InChI is InChI=1S/C30H23ClFN11O2/c1-17-2-4-18(5-3-17)28-37-38-29-27(30(45)35-21-8-6-20-15-33-36-24(20)13-21)41(10-11-42(28)29)26(44)9-7-19-12-22(31)23(32)14-25(19)43-16-34-39-40-43/h2-9,12-16,27H,10-11H2,1H3,(H,33,36)(H,35,45)/b9-7+. The Morgan fingerprint density at radius 1 is 1.09 bits per heavy atom. The molecule has 1 aliphatic rings. The van der Waals surface area contributed by atoms with Crippen LogP contribution < -0.4 is 5.32 Å². The van der Waals surface area contributed by atoms with Gasteiger partial charge >= 0.3 is 0 Å². The molecule has 0 spiro atoms. The van der Waals surface area contributed by atoms with Gasteiger partial charge in [0, 0.05) is 47.4 Å². The van der Waals surface area contributed by atoms with Crippen molar-refractivity contribution in [1.29, 1.82) is 0 Å². The van der Waals surface area contributed by atoms with E-state index in [2.05, 4.69) is 41.2 Å². The van der Waals surface area contributed by atoms with E-state index in [4.69, 9.17) is 11.6 Å². The predicted octanol–water partition coefficient (Wildman–Crippen LogP) is 4.13. The lowest BCUT2D eigenvalue weighted by atomic mass is 10.1. The fourth-order valence-corrected chi connectivity index (χ4v) is 5.44. The summed E-state index contributed by atoms with van der Waals surface area (Å²) in [7, 11) is 0. The lowest BCUT2D eigenvalue weighted by Crippen LogP contribution is -2.46. The SMILES string of the molecule is Cc1ccc(-c2nnc3n2CCN(C(=O)/C=C/c2cc(Cl)c(F)cc2-n2cnnn2)C3C(=O)Nc2ccc3cn[nH]c3c2)cc1. The maximum atomic E-state index is 14.3. The van der Waals surface area contributed by atoms with Crippen molar-refractivity contribution in [2.45, 2.75) is 19.5 Å². The third-order valence-corrected chi connectivity index (χ3v) is 7.81. The van der Waals surface area contributed by atoms with Gasteiger partial charge in [-0.15, -0.1) is 15.3 Å². The van der Waals surface area contributed by atoms with Crippen molar-refractivity contribution in [3.05, 3.63) is 101 Å². The van der Waals surface area contributed by atoms with Crippen LogP contribution in [0.1, 0.15) is 23.0 Å². The summed E-state index contributed by atoms with van der Waals surface area (Å²) in [6.07, 6.45) is 5.75. The Bertz CT molecular complexity index is 2090. The highest BCUT2D eigenvalue weighted by Gasteiger charge is 2.39. The minimum Gasteiger partial charge on any atom is -0.324 e. The highest BCUT2D eigenvalue weighted by atomic mass is 35.5. The van der Waals surface area contributed by atoms with E-state index in [-0.39, 0.29) is 17.3 Å². The Morgan fingerprint density at radius 2 is 1.93 bits per heavy atom. The number of halogens is 2. The summed E-state index contributed by atoms with van der Waals surface area (Å²) < 4.78 is 17.4. The molecule has 15 heteroatoms. The van der Waals surface area contributed by atoms with Gasteiger partial charge in [0.25, 0.3) is 5.91 Å². The summed E-state index contributed by atoms with van der Waals surface area (Å²) in [6.45, 7) is 2.54. The highest BCUT2D eigenvalue weighted by molar-refractivity contribution is 6.31. The summed E-state index contributed by atoms with van der Waals surface area (Å²) in [5.41, 5.74) is 3.85. The van der Waals surface area contributed by atoms with Gasteiger partial charge in [-0.25, -0.2) is 4.39 Å². The lowest BCUT2D eigenvalue weighted by molar-refractivity contribution is -0.136. The van der Waals surface area contributed by atoms with E-state index in [0.29, 0.717) is 29.4 Å². The van der Waals surface area contributed by atoms with Crippen LogP contribution in [0.15, 0.2) is 73.2 Å². The number of anilines is 1. The molecule has 4 heterocycles. The predicted molar refractivity (Wildman–Crippen MR) is 163 cm³/mol. The van der Waals surface area contributed by atoms with Gasteiger partial charge in [0.05, 0.1) is 22.4 Å². The Labute approximate surface area is 259 Å². The zero-order chi connectivity index (χ0) is 31.1. The number of hydrogen-bond acceptors (Lipinski definition) is 8. The molecule has 6 aromatic rings. The summed E-state index contributed by atoms with van der Waals surface area (Å²) in [5, 5.41) is 30.4. The monoisotopic (exact) mass is 623 g/mol. The molecular formula is C30H23ClFN11O2. The first-order chi connectivity index (χ1) is 21.9. The minimum absolute atomic E-state index is 0.139. The quantitative estimate of drug-likeness (QED) is 0.263. The van der Waals surface area contributed by atoms with Gasteiger partial charge in [0.15, 0.2) is 17.7 Å². The van der Waals surface area contributed by atoms with Crippen LogP contribution in [0.5, 0.6) is 0 Å². The maximum absolute atomic E-state index is 14.3. The van der Waals surface area contributed by atoms with Crippen LogP contribution in [-0.2, 0) is 16.1 Å². The van der Waals surface area contributed by atoms with Gasteiger partial charge in [0.1, 0.15) is 12.1 Å². The van der Waals surface area contributed by atoms with Crippen molar-refractivity contribution in [3.8, 4) is 17.1 Å². The molecule has 3 aromatic carbocycles. The van der Waals surface area contributed by atoms with Crippen LogP contribution in [0.25, 0.3) is 34.1 Å². The first kappa shape index (κ1) is 28.0. The number of hydrogen-bond donors (Lipinski definition) is 2. The number of carbonyl (C=O) groups excluding carboxylic acids is 2. The number of amides is 2. The number of H-pyrrole nitrogens is 1. The van der Waals surface area contributed by atoms with Crippen molar-refractivity contribution in [2.75, 3.05) is 11.9 Å². The van der Waals surface area contributed by atoms with Gasteiger partial charge < -0.3 is 14.8 Å². The second kappa shape index (κ2) is 11.4. The average Bonchev–Trinajstić information content (AvgIpc) is 3.82. The molecule has 1 atom stereocenters. The van der Waals surface area contributed by atoms with E-state index in [0.717, 1.165) is 22.0 Å². The molecule has 0 aliphatic carbocycles. The lowest BCUT2D eigenvalue weighted by Gasteiger charge is -2.34. The van der Waals surface area contributed by atoms with E-state index < -0.39 is 23.7 Å². The molecule has 1 unspecified atom stereocenters. The molecule has 0 saturated heterocycles. The number of aromatic nitrogens is 9. The van der Waals surface area contributed by atoms with Crippen LogP contribution >= 0.6 is 11.6 Å². The topological polar surface area (TPSA) is 152 Å². The number of rotatable bonds is 6. The van der Waals surface area contributed by atoms with E-state index >= 15 is 0 Å². The normalized spacial score (nSPS) is 14.6. The number of tetrazole rings is 1. The number of nitrogens with one attached hydrogen (secondary N) is 2. The molecule has 0 saturated carbocycles. The van der Waals surface area contributed by atoms with Crippen molar-refractivity contribution in [3.63, 3.8) is 0 Å². The molecule has 0 fully saturated rings. The minimum atomic E-state index is -1.11. The fraction of sp³-hybridized carbons (Fsp3) is 0.133. The van der Waals surface area contributed by atoms with Gasteiger partial charge in [0.2, 0.25) is 5.91 Å². The Balaban J connectivity index is 1.24. The number of aromatic amines is 1. The van der Waals surface area contributed by atoms with Crippen LogP contribution in [0.4, 0.5) is 10.1 Å². The summed E-state index contributed by atoms with van der Waals surface area (Å²) in [5.74, 6) is -0.711. The summed E-state index contributed by atoms with van der Waals surface area (Å²) in [4.78, 5) is 29.2. The Morgan fingerprint density at radius 3 is 2.73 bits per heavy atom. The largest absolute Gasteiger partial charge is 0.324 e. The number of benzene rings is 3.